The van der Waals surface area contributed by atoms with Crippen LogP contribution in [0.5, 0.6) is 0 Å². The summed E-state index contributed by atoms with van der Waals surface area (Å²) in [5.41, 5.74) is 2.41. The summed E-state index contributed by atoms with van der Waals surface area (Å²) in [7, 11) is 0. The van der Waals surface area contributed by atoms with Crippen molar-refractivity contribution in [3.8, 4) is 0 Å². The maximum Gasteiger partial charge on any atom is 0.158 e. The Balaban J connectivity index is 1.66. The van der Waals surface area contributed by atoms with Gasteiger partial charge in [-0.2, -0.15) is 0 Å². The van der Waals surface area contributed by atoms with Crippen molar-refractivity contribution >= 4 is 0 Å². The van der Waals surface area contributed by atoms with Gasteiger partial charge in [0.2, 0.25) is 0 Å². The SMILES string of the molecule is C=C1[C@@H]2CC[C@@H]3[C@@](CC[C@@H]4O[C@@H](O)[C@@H]5C(C)(C)CCC[C@]453)(C2)[C@@H]1C. The highest BCUT2D eigenvalue weighted by Gasteiger charge is 2.72. The monoisotopic (exact) mass is 330 g/mol. The van der Waals surface area contributed by atoms with Crippen molar-refractivity contribution in [1.82, 2.24) is 0 Å². The van der Waals surface area contributed by atoms with E-state index < -0.39 is 6.29 Å². The molecule has 1 saturated heterocycles. The van der Waals surface area contributed by atoms with E-state index in [2.05, 4.69) is 27.4 Å². The average Bonchev–Trinajstić information content (AvgIpc) is 2.93. The summed E-state index contributed by atoms with van der Waals surface area (Å²) in [6.07, 6.45) is 10.1. The molecule has 0 amide bonds. The number of hydrogen-bond acceptors (Lipinski definition) is 2. The summed E-state index contributed by atoms with van der Waals surface area (Å²) in [6, 6.07) is 0. The molecule has 0 aromatic heterocycles. The molecule has 0 radical (unpaired) electrons. The van der Waals surface area contributed by atoms with Crippen LogP contribution in [0, 0.1) is 39.9 Å². The summed E-state index contributed by atoms with van der Waals surface area (Å²) in [6.45, 7) is 11.8. The Labute approximate surface area is 147 Å². The number of ether oxygens (including phenoxy) is 1. The van der Waals surface area contributed by atoms with Crippen LogP contribution in [0.1, 0.15) is 72.1 Å². The molecule has 2 heteroatoms. The van der Waals surface area contributed by atoms with Gasteiger partial charge in [0.15, 0.2) is 6.29 Å². The van der Waals surface area contributed by atoms with Gasteiger partial charge in [-0.3, -0.25) is 0 Å². The molecule has 1 N–H and O–H groups in total. The molecule has 0 unspecified atom stereocenters. The maximum atomic E-state index is 10.9. The molecule has 5 aliphatic rings. The Morgan fingerprint density at radius 2 is 1.92 bits per heavy atom. The number of aliphatic hydroxyl groups is 1. The van der Waals surface area contributed by atoms with Crippen LogP contribution in [-0.2, 0) is 4.74 Å². The van der Waals surface area contributed by atoms with Gasteiger partial charge in [-0.25, -0.2) is 0 Å². The van der Waals surface area contributed by atoms with Gasteiger partial charge in [0.1, 0.15) is 0 Å². The molecule has 1 aliphatic heterocycles. The van der Waals surface area contributed by atoms with E-state index in [0.717, 1.165) is 18.3 Å². The average molecular weight is 331 g/mol. The predicted octanol–water partition coefficient (Wildman–Crippen LogP) is 4.92. The fraction of sp³-hybridized carbons (Fsp3) is 0.909. The Bertz CT molecular complexity index is 581. The van der Waals surface area contributed by atoms with Crippen LogP contribution in [-0.4, -0.2) is 17.5 Å². The molecule has 8 atom stereocenters. The summed E-state index contributed by atoms with van der Waals surface area (Å²) < 4.78 is 6.29. The van der Waals surface area contributed by atoms with Crippen LogP contribution in [0.15, 0.2) is 12.2 Å². The van der Waals surface area contributed by atoms with Gasteiger partial charge in [-0.15, -0.1) is 0 Å². The fourth-order valence-electron chi connectivity index (χ4n) is 8.80. The molecule has 2 bridgehead atoms. The molecule has 2 nitrogen and oxygen atoms in total. The number of fused-ring (bicyclic) bond motifs is 1. The minimum atomic E-state index is -0.543. The summed E-state index contributed by atoms with van der Waals surface area (Å²) >= 11 is 0. The van der Waals surface area contributed by atoms with E-state index in [1.165, 1.54) is 44.9 Å². The van der Waals surface area contributed by atoms with Crippen molar-refractivity contribution in [2.75, 3.05) is 0 Å². The number of rotatable bonds is 0. The third-order valence-electron chi connectivity index (χ3n) is 9.63. The molecule has 5 fully saturated rings. The topological polar surface area (TPSA) is 29.5 Å². The van der Waals surface area contributed by atoms with Crippen molar-refractivity contribution in [3.63, 3.8) is 0 Å². The zero-order valence-corrected chi connectivity index (χ0v) is 15.7. The van der Waals surface area contributed by atoms with E-state index in [1.54, 1.807) is 5.57 Å². The molecule has 5 rings (SSSR count). The summed E-state index contributed by atoms with van der Waals surface area (Å²) in [5, 5.41) is 10.9. The van der Waals surface area contributed by atoms with Gasteiger partial charge in [-0.1, -0.05) is 39.3 Å². The minimum absolute atomic E-state index is 0.195. The van der Waals surface area contributed by atoms with Crippen molar-refractivity contribution in [1.29, 1.82) is 0 Å². The third-order valence-corrected chi connectivity index (χ3v) is 9.63. The highest BCUT2D eigenvalue weighted by atomic mass is 16.6. The Morgan fingerprint density at radius 3 is 2.71 bits per heavy atom. The molecule has 4 aliphatic carbocycles. The highest BCUT2D eigenvalue weighted by molar-refractivity contribution is 5.27. The molecule has 134 valence electrons. The Morgan fingerprint density at radius 1 is 1.12 bits per heavy atom. The smallest absolute Gasteiger partial charge is 0.158 e. The van der Waals surface area contributed by atoms with Crippen LogP contribution in [0.2, 0.25) is 0 Å². The number of hydrogen-bond donors (Lipinski definition) is 1. The minimum Gasteiger partial charge on any atom is -0.368 e. The first-order chi connectivity index (χ1) is 11.3. The van der Waals surface area contributed by atoms with E-state index in [4.69, 9.17) is 4.74 Å². The molecule has 24 heavy (non-hydrogen) atoms. The van der Waals surface area contributed by atoms with Gasteiger partial charge in [0.25, 0.3) is 0 Å². The maximum absolute atomic E-state index is 10.9. The first-order valence-corrected chi connectivity index (χ1v) is 10.4. The quantitative estimate of drug-likeness (QED) is 0.639. The second-order valence-electron chi connectivity index (χ2n) is 10.5. The molecular formula is C22H34O2. The Hall–Kier alpha value is -0.340. The second-order valence-corrected chi connectivity index (χ2v) is 10.5. The lowest BCUT2D eigenvalue weighted by Crippen LogP contribution is -2.60. The first-order valence-electron chi connectivity index (χ1n) is 10.4. The van der Waals surface area contributed by atoms with Crippen molar-refractivity contribution in [3.05, 3.63) is 12.2 Å². The van der Waals surface area contributed by atoms with Crippen LogP contribution < -0.4 is 0 Å². The van der Waals surface area contributed by atoms with E-state index in [-0.39, 0.29) is 10.8 Å². The molecule has 2 spiro atoms. The molecule has 1 heterocycles. The van der Waals surface area contributed by atoms with Gasteiger partial charge in [0.05, 0.1) is 6.10 Å². The molecule has 0 aromatic rings. The lowest BCUT2D eigenvalue weighted by atomic mass is 9.40. The normalized spacial score (nSPS) is 58.1. The lowest BCUT2D eigenvalue weighted by Gasteiger charge is -2.63. The third kappa shape index (κ3) is 1.62. The summed E-state index contributed by atoms with van der Waals surface area (Å²) in [5.74, 6) is 2.49. The lowest BCUT2D eigenvalue weighted by molar-refractivity contribution is -0.157. The molecule has 0 aromatic carbocycles. The zero-order chi connectivity index (χ0) is 16.9. The molecule has 4 saturated carbocycles. The standard InChI is InChI=1S/C22H34O2/c1-13-14(2)21-11-8-17-22(16(21)7-6-15(13)12-21)10-5-9-20(3,4)18(22)19(23)24-17/h14-19,23H,1,5-12H2,2-4H3/t14-,15-,16-,17+,18-,19-,21+,22+/m1/s1. The second kappa shape index (κ2) is 4.68. The van der Waals surface area contributed by atoms with Crippen LogP contribution in [0.3, 0.4) is 0 Å². The van der Waals surface area contributed by atoms with Crippen LogP contribution in [0.25, 0.3) is 0 Å². The highest BCUT2D eigenvalue weighted by Crippen LogP contribution is 2.75. The van der Waals surface area contributed by atoms with E-state index in [0.29, 0.717) is 23.4 Å². The zero-order valence-electron chi connectivity index (χ0n) is 15.7. The van der Waals surface area contributed by atoms with Crippen LogP contribution >= 0.6 is 0 Å². The summed E-state index contributed by atoms with van der Waals surface area (Å²) in [4.78, 5) is 0. The van der Waals surface area contributed by atoms with Crippen molar-refractivity contribution < 1.29 is 9.84 Å². The van der Waals surface area contributed by atoms with Gasteiger partial charge in [0, 0.05) is 11.3 Å². The van der Waals surface area contributed by atoms with Gasteiger partial charge < -0.3 is 9.84 Å². The van der Waals surface area contributed by atoms with Gasteiger partial charge in [-0.05, 0) is 73.5 Å². The fourth-order valence-corrected chi connectivity index (χ4v) is 8.80. The number of aliphatic hydroxyl groups excluding tert-OH is 1. The Kier molecular flexibility index (Phi) is 3.10. The van der Waals surface area contributed by atoms with E-state index in [1.807, 2.05) is 0 Å². The predicted molar refractivity (Wildman–Crippen MR) is 95.2 cm³/mol. The van der Waals surface area contributed by atoms with Crippen LogP contribution in [0.4, 0.5) is 0 Å². The number of allylic oxidation sites excluding steroid dienone is 1. The largest absolute Gasteiger partial charge is 0.368 e. The van der Waals surface area contributed by atoms with E-state index in [9.17, 15) is 5.11 Å². The van der Waals surface area contributed by atoms with Gasteiger partial charge >= 0.3 is 0 Å². The molecular weight excluding hydrogens is 296 g/mol. The van der Waals surface area contributed by atoms with Crippen molar-refractivity contribution in [2.24, 2.45) is 39.9 Å². The van der Waals surface area contributed by atoms with E-state index >= 15 is 0 Å². The van der Waals surface area contributed by atoms with Crippen molar-refractivity contribution in [2.45, 2.75) is 84.5 Å². The first kappa shape index (κ1) is 15.9.